The van der Waals surface area contributed by atoms with E-state index in [2.05, 4.69) is 30.8 Å². The summed E-state index contributed by atoms with van der Waals surface area (Å²) in [5.74, 6) is -2.45. The maximum Gasteiger partial charge on any atom is 0.323 e. The Morgan fingerprint density at radius 2 is 1.80 bits per heavy atom. The molecule has 0 aromatic carbocycles. The second kappa shape index (κ2) is 14.8. The van der Waals surface area contributed by atoms with Crippen LogP contribution in [-0.2, 0) is 33.3 Å². The third-order valence-corrected chi connectivity index (χ3v) is 7.69. The van der Waals surface area contributed by atoms with Crippen LogP contribution >= 0.6 is 0 Å². The van der Waals surface area contributed by atoms with Gasteiger partial charge in [-0.05, 0) is 37.7 Å². The quantitative estimate of drug-likeness (QED) is 0.101. The van der Waals surface area contributed by atoms with Crippen LogP contribution in [0.1, 0.15) is 47.5 Å². The molecule has 1 amide bonds. The lowest BCUT2D eigenvalue weighted by atomic mass is 10.0. The van der Waals surface area contributed by atoms with Gasteiger partial charge >= 0.3 is 11.9 Å². The molecule has 0 spiro atoms. The minimum absolute atomic E-state index is 0.0892. The van der Waals surface area contributed by atoms with Crippen LogP contribution in [0.3, 0.4) is 0 Å². The molecule has 248 valence electrons. The number of guanidine groups is 1. The summed E-state index contributed by atoms with van der Waals surface area (Å²) in [7, 11) is 0. The summed E-state index contributed by atoms with van der Waals surface area (Å²) in [6.45, 7) is 9.02. The zero-order valence-electron chi connectivity index (χ0n) is 26.1. The first-order chi connectivity index (χ1) is 21.4. The third kappa shape index (κ3) is 7.77. The topological polar surface area (TPSA) is 243 Å². The van der Waals surface area contributed by atoms with Crippen LogP contribution < -0.4 is 27.9 Å². The molecule has 9 atom stereocenters. The van der Waals surface area contributed by atoms with Gasteiger partial charge in [0, 0.05) is 6.54 Å². The SMILES string of the molecule is CCNC(=O)[C@H]1O[C@@H](N2C=NC3C(N)=NC(N/N=C/[C@H]4CCC=CO4)=NC32)[C@H](OC(=O)[C@@H](N)C(C)C)[C@@H]1OC(=O)[C@@H](N)C(C)C. The van der Waals surface area contributed by atoms with Gasteiger partial charge in [0.05, 0.1) is 18.8 Å². The highest BCUT2D eigenvalue weighted by atomic mass is 16.6. The first-order valence-corrected chi connectivity index (χ1v) is 15.1. The molecule has 0 saturated carbocycles. The fraction of sp³-hybridized carbons (Fsp3) is 0.679. The number of hydrogen-bond donors (Lipinski definition) is 5. The molecule has 0 radical (unpaired) electrons. The van der Waals surface area contributed by atoms with Crippen molar-refractivity contribution in [2.45, 2.75) is 102 Å². The molecule has 2 unspecified atom stereocenters. The first kappa shape index (κ1) is 33.8. The number of esters is 2. The molecular weight excluding hydrogens is 588 g/mol. The van der Waals surface area contributed by atoms with E-state index in [0.29, 0.717) is 0 Å². The summed E-state index contributed by atoms with van der Waals surface area (Å²) in [5, 5.41) is 6.87. The zero-order valence-corrected chi connectivity index (χ0v) is 26.1. The summed E-state index contributed by atoms with van der Waals surface area (Å²) in [5.41, 5.74) is 21.2. The van der Waals surface area contributed by atoms with Crippen molar-refractivity contribution in [3.8, 4) is 0 Å². The van der Waals surface area contributed by atoms with E-state index < -0.39 is 66.7 Å². The number of hydrazone groups is 1. The van der Waals surface area contributed by atoms with E-state index >= 15 is 0 Å². The first-order valence-electron chi connectivity index (χ1n) is 15.1. The number of nitrogens with two attached hydrogens (primary N) is 3. The van der Waals surface area contributed by atoms with Crippen LogP contribution in [0.2, 0.25) is 0 Å². The van der Waals surface area contributed by atoms with Crippen molar-refractivity contribution < 1.29 is 33.3 Å². The number of amides is 1. The van der Waals surface area contributed by atoms with Crippen molar-refractivity contribution in [1.29, 1.82) is 0 Å². The Labute approximate surface area is 261 Å². The van der Waals surface area contributed by atoms with Crippen molar-refractivity contribution in [2.24, 2.45) is 49.1 Å². The van der Waals surface area contributed by atoms with Gasteiger partial charge < -0.3 is 46.4 Å². The molecule has 4 aliphatic rings. The van der Waals surface area contributed by atoms with Gasteiger partial charge in [-0.2, -0.15) is 10.1 Å². The number of likely N-dealkylation sites (N-methyl/N-ethyl adjacent to an activating group) is 1. The molecular formula is C28H44N10O7. The van der Waals surface area contributed by atoms with Crippen LogP contribution in [0, 0.1) is 11.8 Å². The smallest absolute Gasteiger partial charge is 0.323 e. The van der Waals surface area contributed by atoms with Crippen LogP contribution in [-0.4, -0.2) is 109 Å². The van der Waals surface area contributed by atoms with Gasteiger partial charge in [-0.25, -0.2) is 10.4 Å². The van der Waals surface area contributed by atoms with Crippen LogP contribution in [0.25, 0.3) is 0 Å². The maximum atomic E-state index is 13.2. The number of fused-ring (bicyclic) bond motifs is 1. The molecule has 0 bridgehead atoms. The number of carbonyl (C=O) groups excluding carboxylic acids is 3. The summed E-state index contributed by atoms with van der Waals surface area (Å²) < 4.78 is 23.4. The number of nitrogens with one attached hydrogen (secondary N) is 2. The number of aliphatic imine (C=N–C) groups is 3. The minimum Gasteiger partial charge on any atom is -0.493 e. The number of carbonyl (C=O) groups is 3. The van der Waals surface area contributed by atoms with E-state index in [1.165, 1.54) is 11.2 Å². The Morgan fingerprint density at radius 1 is 1.13 bits per heavy atom. The van der Waals surface area contributed by atoms with Gasteiger partial charge in [0.15, 0.2) is 30.7 Å². The summed E-state index contributed by atoms with van der Waals surface area (Å²) in [6, 6.07) is -2.73. The lowest BCUT2D eigenvalue weighted by molar-refractivity contribution is -0.172. The fourth-order valence-electron chi connectivity index (χ4n) is 4.87. The van der Waals surface area contributed by atoms with Crippen molar-refractivity contribution >= 4 is 42.2 Å². The number of amidine groups is 1. The number of rotatable bonds is 11. The average molecular weight is 633 g/mol. The molecule has 4 rings (SSSR count). The van der Waals surface area contributed by atoms with Gasteiger partial charge in [0.2, 0.25) is 5.96 Å². The third-order valence-electron chi connectivity index (χ3n) is 7.69. The fourth-order valence-corrected chi connectivity index (χ4v) is 4.87. The number of nitrogens with zero attached hydrogens (tertiary/aromatic N) is 5. The van der Waals surface area contributed by atoms with Crippen molar-refractivity contribution in [2.75, 3.05) is 6.54 Å². The second-order valence-electron chi connectivity index (χ2n) is 11.8. The summed E-state index contributed by atoms with van der Waals surface area (Å²) >= 11 is 0. The Balaban J connectivity index is 1.65. The standard InChI is InChI=1S/C28H44N10O7/c1-6-32-24(39)20-19(44-26(40)16(29)13(2)3)21(45-27(41)17(30)14(4)5)25(43-20)38-12-33-18-22(31)35-28(36-23(18)38)37-34-11-15-9-7-8-10-42-15/h8,10-21,23,25H,6-7,9,29-30H2,1-5H3,(H,32,39)(H3,31,35,36,37)/b34-11+/t15-,16+,17+,18?,19-,20+,21-,23?,25-/m1/s1. The van der Waals surface area contributed by atoms with Crippen molar-refractivity contribution in [3.63, 3.8) is 0 Å². The molecule has 1 fully saturated rings. The molecule has 17 nitrogen and oxygen atoms in total. The number of hydrogen-bond acceptors (Lipinski definition) is 16. The van der Waals surface area contributed by atoms with Crippen molar-refractivity contribution in [3.05, 3.63) is 12.3 Å². The Morgan fingerprint density at radius 3 is 2.40 bits per heavy atom. The van der Waals surface area contributed by atoms with Gasteiger partial charge in [-0.15, -0.1) is 0 Å². The van der Waals surface area contributed by atoms with Crippen LogP contribution in [0.5, 0.6) is 0 Å². The number of ether oxygens (including phenoxy) is 4. The Bertz CT molecular complexity index is 1250. The second-order valence-corrected chi connectivity index (χ2v) is 11.8. The highest BCUT2D eigenvalue weighted by Crippen LogP contribution is 2.34. The van der Waals surface area contributed by atoms with Gasteiger partial charge in [0.25, 0.3) is 5.91 Å². The Kier molecular flexibility index (Phi) is 11.1. The normalized spacial score (nSPS) is 30.4. The van der Waals surface area contributed by atoms with Gasteiger partial charge in [-0.3, -0.25) is 19.4 Å². The van der Waals surface area contributed by atoms with Gasteiger partial charge in [-0.1, -0.05) is 27.7 Å². The highest BCUT2D eigenvalue weighted by Gasteiger charge is 2.57. The van der Waals surface area contributed by atoms with E-state index in [1.807, 2.05) is 6.08 Å². The lowest BCUT2D eigenvalue weighted by Gasteiger charge is -2.34. The van der Waals surface area contributed by atoms with E-state index in [0.717, 1.165) is 12.8 Å². The lowest BCUT2D eigenvalue weighted by Crippen LogP contribution is -2.55. The predicted molar refractivity (Wildman–Crippen MR) is 165 cm³/mol. The molecule has 0 aromatic rings. The minimum atomic E-state index is -1.38. The molecule has 45 heavy (non-hydrogen) atoms. The molecule has 17 heteroatoms. The number of allylic oxidation sites excluding steroid dienone is 1. The molecule has 8 N–H and O–H groups in total. The van der Waals surface area contributed by atoms with E-state index in [-0.39, 0.29) is 36.3 Å². The predicted octanol–water partition coefficient (Wildman–Crippen LogP) is -1.33. The van der Waals surface area contributed by atoms with E-state index in [1.54, 1.807) is 47.1 Å². The Hall–Kier alpha value is -4.09. The molecule has 0 aliphatic carbocycles. The summed E-state index contributed by atoms with van der Waals surface area (Å²) in [6.07, 6.45) is 1.89. The van der Waals surface area contributed by atoms with E-state index in [4.69, 9.17) is 36.1 Å². The largest absolute Gasteiger partial charge is 0.493 e. The van der Waals surface area contributed by atoms with Gasteiger partial charge in [0.1, 0.15) is 30.1 Å². The molecule has 0 aromatic heterocycles. The van der Waals surface area contributed by atoms with Crippen molar-refractivity contribution in [1.82, 2.24) is 15.6 Å². The summed E-state index contributed by atoms with van der Waals surface area (Å²) in [4.78, 5) is 54.4. The molecule has 4 heterocycles. The highest BCUT2D eigenvalue weighted by molar-refractivity contribution is 6.02. The van der Waals surface area contributed by atoms with Crippen LogP contribution in [0.4, 0.5) is 0 Å². The average Bonchev–Trinajstić information content (AvgIpc) is 3.58. The monoisotopic (exact) mass is 632 g/mol. The molecule has 4 aliphatic heterocycles. The maximum absolute atomic E-state index is 13.2. The van der Waals surface area contributed by atoms with Crippen LogP contribution in [0.15, 0.2) is 32.4 Å². The van der Waals surface area contributed by atoms with E-state index in [9.17, 15) is 14.4 Å². The molecule has 1 saturated heterocycles. The zero-order chi connectivity index (χ0) is 32.8.